The molecule has 4 aromatic rings. The van der Waals surface area contributed by atoms with Crippen molar-refractivity contribution in [2.24, 2.45) is 0 Å². The largest absolute Gasteiger partial charge is 0.444 e. The number of nitrogens with zero attached hydrogens (tertiary/aromatic N) is 7. The number of piperazine rings is 1. The first-order valence-corrected chi connectivity index (χ1v) is 12.8. The van der Waals surface area contributed by atoms with Crippen LogP contribution in [-0.2, 0) is 4.74 Å². The summed E-state index contributed by atoms with van der Waals surface area (Å²) < 4.78 is 35.7. The number of halogens is 2. The molecule has 0 aliphatic carbocycles. The number of rotatable bonds is 6. The van der Waals surface area contributed by atoms with E-state index in [1.54, 1.807) is 29.3 Å². The van der Waals surface area contributed by atoms with Gasteiger partial charge >= 0.3 is 6.09 Å². The molecule has 0 unspecified atom stereocenters. The average molecular weight is 567 g/mol. The Bertz CT molecular complexity index is 1590. The first-order chi connectivity index (χ1) is 19.5. The van der Waals surface area contributed by atoms with Gasteiger partial charge in [0.25, 0.3) is 12.3 Å². The Morgan fingerprint density at radius 2 is 1.78 bits per heavy atom. The van der Waals surface area contributed by atoms with Crippen LogP contribution in [0.3, 0.4) is 0 Å². The van der Waals surface area contributed by atoms with E-state index in [2.05, 4.69) is 20.5 Å². The van der Waals surface area contributed by atoms with Crippen LogP contribution in [0.25, 0.3) is 11.3 Å². The van der Waals surface area contributed by atoms with Gasteiger partial charge in [-0.25, -0.2) is 27.8 Å². The second kappa shape index (κ2) is 10.9. The van der Waals surface area contributed by atoms with Crippen molar-refractivity contribution in [3.8, 4) is 5.69 Å². The highest BCUT2D eigenvalue weighted by Gasteiger charge is 2.27. The Kier molecular flexibility index (Phi) is 7.39. The van der Waals surface area contributed by atoms with Crippen LogP contribution in [0.2, 0.25) is 0 Å². The number of benzene rings is 1. The number of hydrogen-bond donors (Lipinski definition) is 1. The third-order valence-electron chi connectivity index (χ3n) is 6.35. The number of amides is 2. The van der Waals surface area contributed by atoms with Crippen LogP contribution in [0, 0.1) is 0 Å². The first-order valence-electron chi connectivity index (χ1n) is 12.8. The van der Waals surface area contributed by atoms with Crippen molar-refractivity contribution >= 4 is 35.4 Å². The molecule has 0 bridgehead atoms. The number of alkyl halides is 2. The van der Waals surface area contributed by atoms with E-state index >= 15 is 0 Å². The topological polar surface area (TPSA) is 127 Å². The molecule has 1 aliphatic heterocycles. The van der Waals surface area contributed by atoms with Crippen LogP contribution >= 0.6 is 0 Å². The highest BCUT2D eigenvalue weighted by atomic mass is 19.3. The van der Waals surface area contributed by atoms with Crippen molar-refractivity contribution < 1.29 is 27.9 Å². The molecule has 0 radical (unpaired) electrons. The van der Waals surface area contributed by atoms with Gasteiger partial charge in [-0.3, -0.25) is 9.59 Å². The molecule has 1 saturated heterocycles. The van der Waals surface area contributed by atoms with Gasteiger partial charge in [0, 0.05) is 37.9 Å². The van der Waals surface area contributed by atoms with Gasteiger partial charge in [-0.1, -0.05) is 0 Å². The van der Waals surface area contributed by atoms with E-state index in [1.165, 1.54) is 33.7 Å². The summed E-state index contributed by atoms with van der Waals surface area (Å²) in [6, 6.07) is 7.93. The van der Waals surface area contributed by atoms with E-state index in [9.17, 15) is 23.2 Å². The van der Waals surface area contributed by atoms with Crippen LogP contribution < -0.4 is 10.2 Å². The fourth-order valence-corrected chi connectivity index (χ4v) is 4.31. The fourth-order valence-electron chi connectivity index (χ4n) is 4.31. The van der Waals surface area contributed by atoms with E-state index < -0.39 is 23.6 Å². The first kappa shape index (κ1) is 27.7. The molecule has 0 spiro atoms. The van der Waals surface area contributed by atoms with Crippen molar-refractivity contribution in [3.05, 3.63) is 65.7 Å². The molecule has 12 nitrogen and oxygen atoms in total. The maximum absolute atomic E-state index is 13.8. The molecule has 1 N–H and O–H groups in total. The summed E-state index contributed by atoms with van der Waals surface area (Å²) in [5, 5.41) is 10.6. The lowest BCUT2D eigenvalue weighted by atomic mass is 10.2. The average Bonchev–Trinajstić information content (AvgIpc) is 3.56. The van der Waals surface area contributed by atoms with Crippen molar-refractivity contribution in [2.75, 3.05) is 36.4 Å². The molecule has 0 atom stereocenters. The van der Waals surface area contributed by atoms with Gasteiger partial charge in [0.1, 0.15) is 23.3 Å². The number of aromatic nitrogens is 5. The molecule has 1 aromatic carbocycles. The summed E-state index contributed by atoms with van der Waals surface area (Å²) in [6.45, 7) is 7.32. The summed E-state index contributed by atoms with van der Waals surface area (Å²) in [6.07, 6.45) is 1.59. The minimum Gasteiger partial charge on any atom is -0.444 e. The zero-order valence-corrected chi connectivity index (χ0v) is 22.6. The molecule has 2 amide bonds. The molecule has 0 saturated carbocycles. The normalized spacial score (nSPS) is 14.0. The van der Waals surface area contributed by atoms with Crippen LogP contribution in [0.1, 0.15) is 53.6 Å². The van der Waals surface area contributed by atoms with Gasteiger partial charge in [0.15, 0.2) is 11.3 Å². The lowest BCUT2D eigenvalue weighted by Crippen LogP contribution is -2.50. The van der Waals surface area contributed by atoms with Crippen molar-refractivity contribution in [1.29, 1.82) is 0 Å². The highest BCUT2D eigenvalue weighted by molar-refractivity contribution is 6.08. The number of carbonyl (C=O) groups excluding carboxylic acids is 3. The van der Waals surface area contributed by atoms with Crippen LogP contribution in [0.15, 0.2) is 48.9 Å². The van der Waals surface area contributed by atoms with Crippen LogP contribution in [0.5, 0.6) is 0 Å². The summed E-state index contributed by atoms with van der Waals surface area (Å²) in [5.74, 6) is -0.104. The second-order valence-corrected chi connectivity index (χ2v) is 10.4. The lowest BCUT2D eigenvalue weighted by molar-refractivity contribution is 0.0240. The molecular formula is C27H28F2N8O4. The Morgan fingerprint density at radius 1 is 1.07 bits per heavy atom. The van der Waals surface area contributed by atoms with Gasteiger partial charge in [-0.05, 0) is 51.1 Å². The molecule has 14 heteroatoms. The third-order valence-corrected chi connectivity index (χ3v) is 6.35. The monoisotopic (exact) mass is 566 g/mol. The molecule has 3 aromatic heterocycles. The number of hydrogen-bond acceptors (Lipinski definition) is 8. The highest BCUT2D eigenvalue weighted by Crippen LogP contribution is 2.28. The van der Waals surface area contributed by atoms with E-state index in [0.29, 0.717) is 49.5 Å². The Balaban J connectivity index is 1.33. The van der Waals surface area contributed by atoms with Crippen molar-refractivity contribution in [3.63, 3.8) is 0 Å². The fraction of sp³-hybridized carbons (Fsp3) is 0.333. The summed E-state index contributed by atoms with van der Waals surface area (Å²) in [4.78, 5) is 44.7. The van der Waals surface area contributed by atoms with Crippen LogP contribution in [0.4, 0.5) is 25.1 Å². The maximum Gasteiger partial charge on any atom is 0.410 e. The van der Waals surface area contributed by atoms with E-state index in [4.69, 9.17) is 4.74 Å². The lowest BCUT2D eigenvalue weighted by Gasteiger charge is -2.36. The van der Waals surface area contributed by atoms with Crippen LogP contribution in [-0.4, -0.2) is 79.3 Å². The minimum atomic E-state index is -2.95. The molecular weight excluding hydrogens is 538 g/mol. The predicted octanol–water partition coefficient (Wildman–Crippen LogP) is 3.97. The standard InChI is InChI=1S/C27H28F2N8O4/c1-27(2,3)41-26(40)35-12-10-34(11-13-35)21-8-9-36-24(32-21)19(14-30-36)25(39)31-20-15-37(33-22(20)23(28)29)18-6-4-17(16-38)5-7-18/h4-9,14-16,23H,10-13H2,1-3H3,(H,31,39). The predicted molar refractivity (Wildman–Crippen MR) is 145 cm³/mol. The molecule has 41 heavy (non-hydrogen) atoms. The molecule has 214 valence electrons. The SMILES string of the molecule is CC(C)(C)OC(=O)N1CCN(c2ccn3ncc(C(=O)Nc4cn(-c5ccc(C=O)cc5)nc4C(F)F)c3n2)CC1. The van der Waals surface area contributed by atoms with Crippen molar-refractivity contribution in [1.82, 2.24) is 29.3 Å². The second-order valence-electron chi connectivity index (χ2n) is 10.4. The Morgan fingerprint density at radius 3 is 2.41 bits per heavy atom. The van der Waals surface area contributed by atoms with Gasteiger partial charge < -0.3 is 19.9 Å². The van der Waals surface area contributed by atoms with Gasteiger partial charge in [-0.15, -0.1) is 0 Å². The van der Waals surface area contributed by atoms with Gasteiger partial charge in [0.2, 0.25) is 0 Å². The third kappa shape index (κ3) is 6.00. The zero-order valence-electron chi connectivity index (χ0n) is 22.6. The summed E-state index contributed by atoms with van der Waals surface area (Å²) >= 11 is 0. The van der Waals surface area contributed by atoms with E-state index in [-0.39, 0.29) is 23.0 Å². The molecule has 1 fully saturated rings. The van der Waals surface area contributed by atoms with E-state index in [1.807, 2.05) is 25.7 Å². The number of nitrogens with one attached hydrogen (secondary N) is 1. The molecule has 4 heterocycles. The Hall–Kier alpha value is -4.88. The van der Waals surface area contributed by atoms with Gasteiger partial charge in [0.05, 0.1) is 23.8 Å². The number of ether oxygens (including phenoxy) is 1. The van der Waals surface area contributed by atoms with Gasteiger partial charge in [-0.2, -0.15) is 10.2 Å². The zero-order chi connectivity index (χ0) is 29.3. The number of aldehydes is 1. The summed E-state index contributed by atoms with van der Waals surface area (Å²) in [5.41, 5.74) is -0.172. The van der Waals surface area contributed by atoms with Crippen molar-refractivity contribution in [2.45, 2.75) is 32.8 Å². The number of carbonyl (C=O) groups is 3. The van der Waals surface area contributed by atoms with E-state index in [0.717, 1.165) is 0 Å². The number of fused-ring (bicyclic) bond motifs is 1. The number of anilines is 2. The minimum absolute atomic E-state index is 0.0857. The quantitative estimate of drug-likeness (QED) is 0.348. The Labute approximate surface area is 233 Å². The molecule has 5 rings (SSSR count). The molecule has 1 aliphatic rings. The smallest absolute Gasteiger partial charge is 0.410 e. The maximum atomic E-state index is 13.8. The summed E-state index contributed by atoms with van der Waals surface area (Å²) in [7, 11) is 0.